The smallest absolute Gasteiger partial charge is 0.545 e. The molecule has 2 aromatic rings. The number of aromatic nitrogens is 2. The van der Waals surface area contributed by atoms with Crippen LogP contribution in [0.1, 0.15) is 32.1 Å². The van der Waals surface area contributed by atoms with Gasteiger partial charge in [0.2, 0.25) is 0 Å². The van der Waals surface area contributed by atoms with Crippen LogP contribution in [-0.4, -0.2) is 21.9 Å². The molecule has 0 spiro atoms. The Labute approximate surface area is 146 Å². The summed E-state index contributed by atoms with van der Waals surface area (Å²) in [6.45, 7) is 0.626. The van der Waals surface area contributed by atoms with Crippen LogP contribution in [-0.2, 0) is 34.2 Å². The number of nitrogens with zero attached hydrogens (tertiary/aromatic N) is 2. The van der Waals surface area contributed by atoms with Crippen molar-refractivity contribution in [2.45, 2.75) is 13.1 Å². The zero-order valence-corrected chi connectivity index (χ0v) is 14.1. The van der Waals surface area contributed by atoms with Crippen LogP contribution < -0.4 is 21.7 Å². The second-order valence-electron chi connectivity index (χ2n) is 4.06. The Balaban J connectivity index is 0.000000403. The van der Waals surface area contributed by atoms with Crippen LogP contribution in [0.2, 0.25) is 0 Å². The molecule has 0 radical (unpaired) electrons. The van der Waals surface area contributed by atoms with Gasteiger partial charge in [-0.2, -0.15) is 0 Å². The zero-order valence-electron chi connectivity index (χ0n) is 11.9. The van der Waals surface area contributed by atoms with Gasteiger partial charge in [-0.15, -0.1) is 0 Å². The van der Waals surface area contributed by atoms with E-state index in [0.29, 0.717) is 24.5 Å². The van der Waals surface area contributed by atoms with E-state index in [-0.39, 0.29) is 32.2 Å². The first-order valence-electron chi connectivity index (χ1n) is 6.20. The molecule has 0 saturated carbocycles. The van der Waals surface area contributed by atoms with E-state index in [1.54, 1.807) is 12.1 Å². The van der Waals surface area contributed by atoms with Gasteiger partial charge in [0.1, 0.15) is 0 Å². The molecule has 0 unspecified atom stereocenters. The normalized spacial score (nSPS) is 9.13. The summed E-state index contributed by atoms with van der Waals surface area (Å²) < 4.78 is 0. The maximum Gasteiger partial charge on any atom is 2.00 e. The molecule has 9 heteroatoms. The van der Waals surface area contributed by atoms with E-state index in [2.05, 4.69) is 9.97 Å². The van der Waals surface area contributed by atoms with E-state index < -0.39 is 11.9 Å². The Bertz CT molecular complexity index is 575. The Morgan fingerprint density at radius 1 is 0.826 bits per heavy atom. The van der Waals surface area contributed by atoms with Gasteiger partial charge in [0.05, 0.1) is 23.3 Å². The number of hydrogen-bond donors (Lipinski definition) is 2. The number of hydrogen-bond acceptors (Lipinski definition) is 8. The van der Waals surface area contributed by atoms with Gasteiger partial charge in [0, 0.05) is 36.6 Å². The fraction of sp³-hybridized carbons (Fsp3) is 0.143. The summed E-state index contributed by atoms with van der Waals surface area (Å²) in [6.07, 6.45) is 2.47. The summed E-state index contributed by atoms with van der Waals surface area (Å²) in [6, 6.07) is 5.96. The molecule has 0 fully saturated rings. The van der Waals surface area contributed by atoms with Crippen molar-refractivity contribution in [2.24, 2.45) is 11.5 Å². The van der Waals surface area contributed by atoms with Gasteiger partial charge in [-0.25, -0.2) is 0 Å². The number of carboxylic acids is 2. The number of rotatable bonds is 4. The molecule has 0 aliphatic rings. The van der Waals surface area contributed by atoms with Crippen molar-refractivity contribution in [1.29, 1.82) is 0 Å². The van der Waals surface area contributed by atoms with Crippen LogP contribution in [0, 0.1) is 0 Å². The summed E-state index contributed by atoms with van der Waals surface area (Å²) >= 11 is 0. The minimum atomic E-state index is -1.22. The minimum absolute atomic E-state index is 0. The maximum atomic E-state index is 10.2. The van der Waals surface area contributed by atoms with E-state index in [0.717, 1.165) is 0 Å². The summed E-state index contributed by atoms with van der Waals surface area (Å²) in [5, 5.41) is 20.4. The Morgan fingerprint density at radius 2 is 1.17 bits per heavy atom. The van der Waals surface area contributed by atoms with E-state index in [1.165, 1.54) is 24.5 Å². The first-order valence-corrected chi connectivity index (χ1v) is 6.20. The van der Waals surface area contributed by atoms with Gasteiger partial charge < -0.3 is 31.3 Å². The van der Waals surface area contributed by atoms with Crippen molar-refractivity contribution in [3.63, 3.8) is 0 Å². The largest absolute Gasteiger partial charge is 2.00 e. The van der Waals surface area contributed by atoms with Crippen LogP contribution in [0.5, 0.6) is 0 Å². The van der Waals surface area contributed by atoms with Crippen molar-refractivity contribution >= 4 is 11.9 Å². The van der Waals surface area contributed by atoms with Gasteiger partial charge in [-0.3, -0.25) is 9.97 Å². The average Bonchev–Trinajstić information content (AvgIpc) is 2.55. The van der Waals surface area contributed by atoms with Crippen molar-refractivity contribution < 1.29 is 40.9 Å². The molecule has 0 bridgehead atoms. The second-order valence-corrected chi connectivity index (χ2v) is 4.06. The van der Waals surface area contributed by atoms with E-state index in [1.807, 2.05) is 0 Å². The predicted molar refractivity (Wildman–Crippen MR) is 72.9 cm³/mol. The fourth-order valence-corrected chi connectivity index (χ4v) is 1.33. The standard InChI is InChI=1S/2C7H8N2O2.Pt/c2*8-3-6-2-1-5(4-9-6)7(10)11;/h2*1-2,4H,3,8H2,(H,10,11);/q;;+2/p-2. The van der Waals surface area contributed by atoms with Gasteiger partial charge in [0.15, 0.2) is 0 Å². The maximum absolute atomic E-state index is 10.2. The van der Waals surface area contributed by atoms with Gasteiger partial charge in [-0.1, -0.05) is 0 Å². The topological polar surface area (TPSA) is 158 Å². The third-order valence-electron chi connectivity index (χ3n) is 2.54. The molecule has 0 aromatic carbocycles. The predicted octanol–water partition coefficient (Wildman–Crippen LogP) is -2.19. The molecule has 2 heterocycles. The minimum Gasteiger partial charge on any atom is -0.545 e. The summed E-state index contributed by atoms with van der Waals surface area (Å²) in [4.78, 5) is 28.0. The second kappa shape index (κ2) is 10.6. The number of pyridine rings is 2. The van der Waals surface area contributed by atoms with Crippen LogP contribution in [0.15, 0.2) is 36.7 Å². The monoisotopic (exact) mass is 497 g/mol. The molecule has 0 amide bonds. The van der Waals surface area contributed by atoms with Crippen LogP contribution >= 0.6 is 0 Å². The molecule has 0 saturated heterocycles. The molecule has 0 atom stereocenters. The molecule has 0 aliphatic carbocycles. The number of carbonyl (C=O) groups excluding carboxylic acids is 2. The summed E-state index contributed by atoms with van der Waals surface area (Å²) in [5.74, 6) is -2.44. The van der Waals surface area contributed by atoms with Gasteiger partial charge >= 0.3 is 21.1 Å². The first-order chi connectivity index (χ1) is 10.5. The Kier molecular flexibility index (Phi) is 9.57. The van der Waals surface area contributed by atoms with Crippen molar-refractivity contribution in [2.75, 3.05) is 0 Å². The van der Waals surface area contributed by atoms with E-state index >= 15 is 0 Å². The Hall–Kier alpha value is -2.15. The van der Waals surface area contributed by atoms with Crippen molar-refractivity contribution in [1.82, 2.24) is 9.97 Å². The van der Waals surface area contributed by atoms with Gasteiger partial charge in [-0.05, 0) is 24.3 Å². The SMILES string of the molecule is NCc1ccc(C(=O)[O-])cn1.NCc1ccc(C(=O)[O-])cn1.[Pt+2]. The fourth-order valence-electron chi connectivity index (χ4n) is 1.33. The first kappa shape index (κ1) is 20.8. The Morgan fingerprint density at radius 3 is 1.35 bits per heavy atom. The molecular formula is C14H14N4O4Pt. The molecule has 23 heavy (non-hydrogen) atoms. The number of nitrogens with two attached hydrogens (primary N) is 2. The van der Waals surface area contributed by atoms with Crippen molar-refractivity contribution in [3.05, 3.63) is 59.2 Å². The van der Waals surface area contributed by atoms with Crippen LogP contribution in [0.4, 0.5) is 0 Å². The third kappa shape index (κ3) is 7.10. The molecular weight excluding hydrogens is 483 g/mol. The average molecular weight is 497 g/mol. The summed E-state index contributed by atoms with van der Waals surface area (Å²) in [5.41, 5.74) is 12.0. The van der Waals surface area contributed by atoms with Crippen molar-refractivity contribution in [3.8, 4) is 0 Å². The third-order valence-corrected chi connectivity index (χ3v) is 2.54. The number of aromatic carboxylic acids is 2. The molecule has 0 aliphatic heterocycles. The molecule has 2 aromatic heterocycles. The van der Waals surface area contributed by atoms with Gasteiger partial charge in [0.25, 0.3) is 0 Å². The summed E-state index contributed by atoms with van der Waals surface area (Å²) in [7, 11) is 0. The van der Waals surface area contributed by atoms with E-state index in [4.69, 9.17) is 11.5 Å². The number of carbonyl (C=O) groups is 2. The number of carboxylic acid groups (broad SMARTS) is 2. The van der Waals surface area contributed by atoms with Crippen LogP contribution in [0.3, 0.4) is 0 Å². The zero-order chi connectivity index (χ0) is 16.5. The molecule has 8 nitrogen and oxygen atoms in total. The van der Waals surface area contributed by atoms with Crippen LogP contribution in [0.25, 0.3) is 0 Å². The molecule has 2 rings (SSSR count). The van der Waals surface area contributed by atoms with E-state index in [9.17, 15) is 19.8 Å². The molecule has 4 N–H and O–H groups in total. The quantitative estimate of drug-likeness (QED) is 0.482. The molecule has 124 valence electrons.